The van der Waals surface area contributed by atoms with Gasteiger partial charge in [0, 0.05) is 6.20 Å². The Labute approximate surface area is 181 Å². The van der Waals surface area contributed by atoms with Gasteiger partial charge in [0.25, 0.3) is 5.56 Å². The summed E-state index contributed by atoms with van der Waals surface area (Å²) in [6, 6.07) is 0. The minimum absolute atomic E-state index is 0.506. The van der Waals surface area contributed by atoms with E-state index < -0.39 is 77.4 Å². The van der Waals surface area contributed by atoms with Gasteiger partial charge in [-0.1, -0.05) is 0 Å². The fourth-order valence-corrected chi connectivity index (χ4v) is 5.53. The van der Waals surface area contributed by atoms with Gasteiger partial charge < -0.3 is 39.3 Å². The lowest BCUT2D eigenvalue weighted by atomic mass is 10.1. The van der Waals surface area contributed by atoms with Gasteiger partial charge in [0.05, 0.1) is 13.7 Å². The van der Waals surface area contributed by atoms with Crippen LogP contribution in [-0.2, 0) is 36.3 Å². The number of aliphatic hydroxyl groups excluding tert-OH is 2. The van der Waals surface area contributed by atoms with Crippen LogP contribution < -0.4 is 11.2 Å². The van der Waals surface area contributed by atoms with E-state index in [9.17, 15) is 43.2 Å². The molecule has 2 heterocycles. The predicted octanol–water partition coefficient (Wildman–Crippen LogP) is -2.71. The molecule has 1 aliphatic rings. The molecule has 1 fully saturated rings. The molecule has 0 radical (unpaired) electrons. The summed E-state index contributed by atoms with van der Waals surface area (Å²) in [5.74, 6) is -1.15. The Bertz CT molecular complexity index is 1150. The standard InChI is InChI=1S/C11H17N2O17P3/c1-26-10(17)4-2-13(11(18)12-8(4)16)9-7(15)6(14)5(28-9)3-27-32(22,23)30-33(24,25)29-31(19,20)21/h2,5-7,9,14-15H,3H2,1H3,(H,22,23)(H,24,25)(H,12,16,18)(H2,19,20,21). The van der Waals surface area contributed by atoms with E-state index in [1.807, 2.05) is 0 Å². The van der Waals surface area contributed by atoms with Crippen molar-refractivity contribution < 1.29 is 70.9 Å². The van der Waals surface area contributed by atoms with E-state index in [0.717, 1.165) is 7.11 Å². The van der Waals surface area contributed by atoms with Gasteiger partial charge in [-0.15, -0.1) is 0 Å². The average molecular weight is 542 g/mol. The van der Waals surface area contributed by atoms with Gasteiger partial charge >= 0.3 is 35.1 Å². The molecule has 0 saturated carbocycles. The molecular weight excluding hydrogens is 525 g/mol. The lowest BCUT2D eigenvalue weighted by Crippen LogP contribution is -2.39. The average Bonchev–Trinajstić information content (AvgIpc) is 2.91. The SMILES string of the molecule is COC(=O)c1cn(C2OC(COP(=O)(O)OP(=O)(O)OP(=O)(O)O)C(O)C2O)c(=O)[nH]c1=O. The van der Waals surface area contributed by atoms with Crippen molar-refractivity contribution >= 4 is 29.4 Å². The summed E-state index contributed by atoms with van der Waals surface area (Å²) in [7, 11) is -16.0. The molecular formula is C11H17N2O17P3. The molecule has 6 unspecified atom stereocenters. The zero-order valence-corrected chi connectivity index (χ0v) is 18.7. The Morgan fingerprint density at radius 2 is 1.70 bits per heavy atom. The van der Waals surface area contributed by atoms with Crippen LogP contribution in [0.3, 0.4) is 0 Å². The first-order valence-electron chi connectivity index (χ1n) is 8.20. The van der Waals surface area contributed by atoms with Gasteiger partial charge in [-0.25, -0.2) is 23.3 Å². The van der Waals surface area contributed by atoms with Crippen molar-refractivity contribution in [1.29, 1.82) is 0 Å². The second kappa shape index (κ2) is 9.97. The van der Waals surface area contributed by atoms with Crippen LogP contribution >= 0.6 is 23.5 Å². The second-order valence-corrected chi connectivity index (χ2v) is 10.6. The number of esters is 1. The topological polar surface area (TPSA) is 291 Å². The first kappa shape index (κ1) is 27.7. The molecule has 1 aromatic rings. The van der Waals surface area contributed by atoms with E-state index in [4.69, 9.17) is 19.4 Å². The van der Waals surface area contributed by atoms with Gasteiger partial charge in [-0.05, 0) is 0 Å². The van der Waals surface area contributed by atoms with Crippen LogP contribution in [0.2, 0.25) is 0 Å². The van der Waals surface area contributed by atoms with Gasteiger partial charge in [0.1, 0.15) is 23.9 Å². The maximum absolute atomic E-state index is 12.0. The third-order valence-electron chi connectivity index (χ3n) is 3.80. The molecule has 6 atom stereocenters. The summed E-state index contributed by atoms with van der Waals surface area (Å²) >= 11 is 0. The Morgan fingerprint density at radius 3 is 2.24 bits per heavy atom. The van der Waals surface area contributed by atoms with Crippen molar-refractivity contribution in [3.05, 3.63) is 32.6 Å². The number of methoxy groups -OCH3 is 1. The van der Waals surface area contributed by atoms with Crippen molar-refractivity contribution in [2.75, 3.05) is 13.7 Å². The van der Waals surface area contributed by atoms with Crippen molar-refractivity contribution in [2.45, 2.75) is 24.5 Å². The largest absolute Gasteiger partial charge is 0.490 e. The summed E-state index contributed by atoms with van der Waals surface area (Å²) in [5.41, 5.74) is -2.98. The van der Waals surface area contributed by atoms with Crippen LogP contribution in [0.15, 0.2) is 15.8 Å². The number of rotatable bonds is 9. The molecule has 22 heteroatoms. The number of carbonyl (C=O) groups is 1. The fourth-order valence-electron chi connectivity index (χ4n) is 2.50. The first-order valence-corrected chi connectivity index (χ1v) is 12.7. The number of carbonyl (C=O) groups excluding carboxylic acids is 1. The van der Waals surface area contributed by atoms with E-state index in [1.165, 1.54) is 0 Å². The number of hydrogen-bond acceptors (Lipinski definition) is 13. The molecule has 0 spiro atoms. The minimum Gasteiger partial charge on any atom is -0.465 e. The van der Waals surface area contributed by atoms with E-state index in [-0.39, 0.29) is 0 Å². The van der Waals surface area contributed by atoms with E-state index in [1.54, 1.807) is 4.98 Å². The molecule has 0 amide bonds. The molecule has 19 nitrogen and oxygen atoms in total. The van der Waals surface area contributed by atoms with E-state index in [0.29, 0.717) is 10.8 Å². The number of aromatic nitrogens is 2. The summed E-state index contributed by atoms with van der Waals surface area (Å²) in [4.78, 5) is 72.6. The Balaban J connectivity index is 2.17. The van der Waals surface area contributed by atoms with Crippen LogP contribution in [0, 0.1) is 0 Å². The van der Waals surface area contributed by atoms with Crippen LogP contribution in [0.5, 0.6) is 0 Å². The second-order valence-electron chi connectivity index (χ2n) is 6.13. The smallest absolute Gasteiger partial charge is 0.465 e. The summed E-state index contributed by atoms with van der Waals surface area (Å²) in [6.07, 6.45) is -6.63. The normalized spacial score (nSPS) is 27.0. The van der Waals surface area contributed by atoms with Gasteiger partial charge in [-0.2, -0.15) is 8.62 Å². The van der Waals surface area contributed by atoms with Crippen molar-refractivity contribution in [3.8, 4) is 0 Å². The number of H-pyrrole nitrogens is 1. The molecule has 33 heavy (non-hydrogen) atoms. The monoisotopic (exact) mass is 542 g/mol. The highest BCUT2D eigenvalue weighted by Crippen LogP contribution is 2.66. The van der Waals surface area contributed by atoms with Crippen molar-refractivity contribution in [3.63, 3.8) is 0 Å². The number of ether oxygens (including phenoxy) is 2. The highest BCUT2D eigenvalue weighted by molar-refractivity contribution is 7.66. The Kier molecular flexibility index (Phi) is 8.36. The molecule has 1 aromatic heterocycles. The number of nitrogens with one attached hydrogen (secondary N) is 1. The number of hydrogen-bond donors (Lipinski definition) is 7. The van der Waals surface area contributed by atoms with E-state index in [2.05, 4.69) is 17.9 Å². The molecule has 2 rings (SSSR count). The number of nitrogens with zero attached hydrogens (tertiary/aromatic N) is 1. The van der Waals surface area contributed by atoms with Crippen LogP contribution in [0.1, 0.15) is 16.6 Å². The summed E-state index contributed by atoms with van der Waals surface area (Å²) in [5, 5.41) is 20.2. The van der Waals surface area contributed by atoms with Crippen LogP contribution in [0.25, 0.3) is 0 Å². The van der Waals surface area contributed by atoms with Gasteiger partial charge in [-0.3, -0.25) is 18.9 Å². The molecule has 0 bridgehead atoms. The fraction of sp³-hybridized carbons (Fsp3) is 0.545. The summed E-state index contributed by atoms with van der Waals surface area (Å²) < 4.78 is 55.0. The van der Waals surface area contributed by atoms with Crippen molar-refractivity contribution in [1.82, 2.24) is 9.55 Å². The number of phosphoric acid groups is 3. The lowest BCUT2D eigenvalue weighted by molar-refractivity contribution is -0.0543. The molecule has 0 aromatic carbocycles. The Morgan fingerprint density at radius 1 is 1.09 bits per heavy atom. The highest BCUT2D eigenvalue weighted by Gasteiger charge is 2.47. The molecule has 188 valence electrons. The quantitative estimate of drug-likeness (QED) is 0.123. The van der Waals surface area contributed by atoms with Gasteiger partial charge in [0.2, 0.25) is 0 Å². The Hall–Kier alpha value is -1.56. The molecule has 1 aliphatic heterocycles. The maximum Gasteiger partial charge on any atom is 0.490 e. The predicted molar refractivity (Wildman–Crippen MR) is 98.4 cm³/mol. The molecule has 1 saturated heterocycles. The van der Waals surface area contributed by atoms with Gasteiger partial charge in [0.15, 0.2) is 6.23 Å². The zero-order chi connectivity index (χ0) is 25.4. The zero-order valence-electron chi connectivity index (χ0n) is 16.1. The van der Waals surface area contributed by atoms with Crippen LogP contribution in [-0.4, -0.2) is 77.3 Å². The highest BCUT2D eigenvalue weighted by atomic mass is 31.3. The minimum atomic E-state index is -5.79. The molecule has 7 N–H and O–H groups in total. The third-order valence-corrected chi connectivity index (χ3v) is 7.60. The lowest BCUT2D eigenvalue weighted by Gasteiger charge is -2.19. The van der Waals surface area contributed by atoms with Crippen molar-refractivity contribution in [2.24, 2.45) is 0 Å². The number of aliphatic hydroxyl groups is 2. The first-order chi connectivity index (χ1) is 15.0. The number of aromatic amines is 1. The summed E-state index contributed by atoms with van der Waals surface area (Å²) in [6.45, 7) is -1.14. The maximum atomic E-state index is 12.0. The van der Waals surface area contributed by atoms with E-state index >= 15 is 0 Å². The third kappa shape index (κ3) is 7.21. The number of phosphoric ester groups is 1. The molecule has 0 aliphatic carbocycles. The van der Waals surface area contributed by atoms with Crippen LogP contribution in [0.4, 0.5) is 0 Å².